The molecule has 1 nitrogen and oxygen atoms in total. The molecule has 2 fully saturated rings. The smallest absolute Gasteiger partial charge is 0.105 e. The zero-order chi connectivity index (χ0) is 9.31. The van der Waals surface area contributed by atoms with Crippen molar-refractivity contribution in [2.24, 2.45) is 5.41 Å². The Hall–Kier alpha value is -0.110. The predicted octanol–water partition coefficient (Wildman–Crippen LogP) is 2.61. The third-order valence-electron chi connectivity index (χ3n) is 3.82. The van der Waals surface area contributed by atoms with Crippen molar-refractivity contribution in [1.29, 1.82) is 0 Å². The Labute approximate surface area is 80.3 Å². The van der Waals surface area contributed by atoms with Crippen molar-refractivity contribution in [2.45, 2.75) is 45.1 Å². The Morgan fingerprint density at radius 1 is 1.38 bits per heavy atom. The molecule has 13 heavy (non-hydrogen) atoms. The Bertz CT molecular complexity index is 177. The summed E-state index contributed by atoms with van der Waals surface area (Å²) in [5.74, 6) is 0. The number of hydrogen-bond donors (Lipinski definition) is 0. The van der Waals surface area contributed by atoms with Crippen LogP contribution < -0.4 is 0 Å². The molecular formula is C11H20FN. The molecule has 2 aliphatic rings. The van der Waals surface area contributed by atoms with Gasteiger partial charge in [-0.25, -0.2) is 4.39 Å². The fraction of sp³-hybridized carbons (Fsp3) is 1.00. The monoisotopic (exact) mass is 185 g/mol. The second-order valence-corrected chi connectivity index (χ2v) is 5.09. The first-order chi connectivity index (χ1) is 6.23. The highest BCUT2D eigenvalue weighted by Crippen LogP contribution is 2.41. The molecule has 0 spiro atoms. The summed E-state index contributed by atoms with van der Waals surface area (Å²) in [6, 6.07) is 0.248. The molecule has 0 aromatic heterocycles. The minimum Gasteiger partial charge on any atom is -0.297 e. The molecule has 1 atom stereocenters. The lowest BCUT2D eigenvalue weighted by atomic mass is 9.70. The number of alkyl halides is 1. The summed E-state index contributed by atoms with van der Waals surface area (Å²) in [7, 11) is 0. The molecular weight excluding hydrogens is 165 g/mol. The van der Waals surface area contributed by atoms with E-state index >= 15 is 0 Å². The van der Waals surface area contributed by atoms with E-state index < -0.39 is 0 Å². The molecule has 0 aromatic carbocycles. The maximum atomic E-state index is 12.6. The first-order valence-corrected chi connectivity index (χ1v) is 5.54. The van der Waals surface area contributed by atoms with Crippen molar-refractivity contribution in [1.82, 2.24) is 4.90 Å². The van der Waals surface area contributed by atoms with Gasteiger partial charge in [0.05, 0.1) is 0 Å². The van der Waals surface area contributed by atoms with E-state index in [-0.39, 0.29) is 12.7 Å². The van der Waals surface area contributed by atoms with E-state index in [2.05, 4.69) is 11.8 Å². The highest BCUT2D eigenvalue weighted by molar-refractivity contribution is 4.90. The maximum Gasteiger partial charge on any atom is 0.105 e. The Morgan fingerprint density at radius 2 is 2.15 bits per heavy atom. The van der Waals surface area contributed by atoms with E-state index in [9.17, 15) is 4.39 Å². The lowest BCUT2D eigenvalue weighted by Crippen LogP contribution is -2.43. The van der Waals surface area contributed by atoms with Gasteiger partial charge in [-0.2, -0.15) is 0 Å². The van der Waals surface area contributed by atoms with Crippen molar-refractivity contribution in [3.63, 3.8) is 0 Å². The van der Waals surface area contributed by atoms with Crippen molar-refractivity contribution >= 4 is 0 Å². The minimum atomic E-state index is -0.143. The summed E-state index contributed by atoms with van der Waals surface area (Å²) < 4.78 is 12.6. The van der Waals surface area contributed by atoms with Crippen LogP contribution in [0.15, 0.2) is 0 Å². The van der Waals surface area contributed by atoms with Gasteiger partial charge >= 0.3 is 0 Å². The SMILES string of the molecule is CC1(CN2CCCC2CF)CCC1. The van der Waals surface area contributed by atoms with Crippen molar-refractivity contribution in [3.8, 4) is 0 Å². The molecule has 1 saturated heterocycles. The van der Waals surface area contributed by atoms with Gasteiger partial charge in [-0.15, -0.1) is 0 Å². The standard InChI is InChI=1S/C11H20FN/c1-11(5-3-6-11)9-13-7-2-4-10(13)8-12/h10H,2-9H2,1H3. The van der Waals surface area contributed by atoms with E-state index in [0.717, 1.165) is 19.5 Å². The fourth-order valence-corrected chi connectivity index (χ4v) is 2.71. The van der Waals surface area contributed by atoms with E-state index in [1.54, 1.807) is 0 Å². The van der Waals surface area contributed by atoms with Gasteiger partial charge < -0.3 is 0 Å². The molecule has 76 valence electrons. The normalized spacial score (nSPS) is 33.2. The third-order valence-corrected chi connectivity index (χ3v) is 3.82. The molecule has 1 heterocycles. The molecule has 0 amide bonds. The Balaban J connectivity index is 1.86. The summed E-state index contributed by atoms with van der Waals surface area (Å²) >= 11 is 0. The molecule has 1 saturated carbocycles. The lowest BCUT2D eigenvalue weighted by Gasteiger charge is -2.42. The van der Waals surface area contributed by atoms with Crippen LogP contribution in [0.1, 0.15) is 39.0 Å². The quantitative estimate of drug-likeness (QED) is 0.653. The predicted molar refractivity (Wildman–Crippen MR) is 52.5 cm³/mol. The van der Waals surface area contributed by atoms with Gasteiger partial charge in [0.25, 0.3) is 0 Å². The van der Waals surface area contributed by atoms with Crippen molar-refractivity contribution < 1.29 is 4.39 Å². The summed E-state index contributed by atoms with van der Waals surface area (Å²) in [6.45, 7) is 4.48. The highest BCUT2D eigenvalue weighted by Gasteiger charge is 2.36. The van der Waals surface area contributed by atoms with E-state index in [1.165, 1.54) is 25.7 Å². The highest BCUT2D eigenvalue weighted by atomic mass is 19.1. The second-order valence-electron chi connectivity index (χ2n) is 5.09. The van der Waals surface area contributed by atoms with Crippen molar-refractivity contribution in [2.75, 3.05) is 19.8 Å². The van der Waals surface area contributed by atoms with Gasteiger partial charge in [-0.1, -0.05) is 13.3 Å². The van der Waals surface area contributed by atoms with Crippen LogP contribution in [-0.2, 0) is 0 Å². The summed E-state index contributed by atoms with van der Waals surface area (Å²) in [5.41, 5.74) is 0.526. The zero-order valence-electron chi connectivity index (χ0n) is 8.56. The van der Waals surface area contributed by atoms with Crippen LogP contribution >= 0.6 is 0 Å². The zero-order valence-corrected chi connectivity index (χ0v) is 8.56. The first kappa shape index (κ1) is 9.45. The van der Waals surface area contributed by atoms with Gasteiger partial charge in [0.15, 0.2) is 0 Å². The van der Waals surface area contributed by atoms with Gasteiger partial charge in [-0.05, 0) is 37.6 Å². The molecule has 0 bridgehead atoms. The average Bonchev–Trinajstić information content (AvgIpc) is 2.49. The number of rotatable bonds is 3. The van der Waals surface area contributed by atoms with Gasteiger partial charge in [0.1, 0.15) is 6.67 Å². The fourth-order valence-electron chi connectivity index (χ4n) is 2.71. The summed E-state index contributed by atoms with van der Waals surface area (Å²) in [6.07, 6.45) is 6.35. The van der Waals surface area contributed by atoms with Crippen molar-refractivity contribution in [3.05, 3.63) is 0 Å². The van der Waals surface area contributed by atoms with Crippen LogP contribution in [0, 0.1) is 5.41 Å². The molecule has 1 unspecified atom stereocenters. The number of hydrogen-bond acceptors (Lipinski definition) is 1. The third kappa shape index (κ3) is 1.88. The average molecular weight is 185 g/mol. The van der Waals surface area contributed by atoms with Crippen LogP contribution in [0.2, 0.25) is 0 Å². The summed E-state index contributed by atoms with van der Waals surface area (Å²) in [5, 5.41) is 0. The van der Waals surface area contributed by atoms with Crippen LogP contribution in [0.5, 0.6) is 0 Å². The van der Waals surface area contributed by atoms with Gasteiger partial charge in [-0.3, -0.25) is 4.90 Å². The van der Waals surface area contributed by atoms with E-state index in [1.807, 2.05) is 0 Å². The first-order valence-electron chi connectivity index (χ1n) is 5.54. The van der Waals surface area contributed by atoms with Crippen LogP contribution in [0.25, 0.3) is 0 Å². The topological polar surface area (TPSA) is 3.24 Å². The molecule has 1 aliphatic carbocycles. The van der Waals surface area contributed by atoms with E-state index in [4.69, 9.17) is 0 Å². The molecule has 1 aliphatic heterocycles. The summed E-state index contributed by atoms with van der Waals surface area (Å²) in [4.78, 5) is 2.37. The number of likely N-dealkylation sites (tertiary alicyclic amines) is 1. The molecule has 0 N–H and O–H groups in total. The van der Waals surface area contributed by atoms with Crippen LogP contribution in [-0.4, -0.2) is 30.7 Å². The van der Waals surface area contributed by atoms with Crippen LogP contribution in [0.4, 0.5) is 4.39 Å². The molecule has 0 radical (unpaired) electrons. The number of nitrogens with zero attached hydrogens (tertiary/aromatic N) is 1. The lowest BCUT2D eigenvalue weighted by molar-refractivity contribution is 0.0719. The van der Waals surface area contributed by atoms with Crippen LogP contribution in [0.3, 0.4) is 0 Å². The van der Waals surface area contributed by atoms with Gasteiger partial charge in [0.2, 0.25) is 0 Å². The Kier molecular flexibility index (Phi) is 2.59. The molecule has 0 aromatic rings. The van der Waals surface area contributed by atoms with Gasteiger partial charge in [0, 0.05) is 12.6 Å². The largest absolute Gasteiger partial charge is 0.297 e. The molecule has 2 heteroatoms. The Morgan fingerprint density at radius 3 is 2.69 bits per heavy atom. The minimum absolute atomic E-state index is 0.143. The second kappa shape index (κ2) is 3.56. The maximum absolute atomic E-state index is 12.6. The number of halogens is 1. The van der Waals surface area contributed by atoms with E-state index in [0.29, 0.717) is 5.41 Å². The molecule has 2 rings (SSSR count).